The summed E-state index contributed by atoms with van der Waals surface area (Å²) < 4.78 is 10.6. The van der Waals surface area contributed by atoms with Gasteiger partial charge < -0.3 is 24.3 Å². The molecule has 1 aliphatic rings. The lowest BCUT2D eigenvalue weighted by atomic mass is 10.2. The molecule has 7 nitrogen and oxygen atoms in total. The van der Waals surface area contributed by atoms with E-state index in [2.05, 4.69) is 21.0 Å². The number of para-hydroxylation sites is 2. The normalized spacial score (nSPS) is 16.0. The fraction of sp³-hybridized carbons (Fsp3) is 0.409. The van der Waals surface area contributed by atoms with Gasteiger partial charge in [-0.25, -0.2) is 0 Å². The highest BCUT2D eigenvalue weighted by atomic mass is 16.6. The number of oxime groups is 1. The number of benzene rings is 2. The molecule has 1 saturated heterocycles. The highest BCUT2D eigenvalue weighted by Crippen LogP contribution is 2.28. The third kappa shape index (κ3) is 6.10. The van der Waals surface area contributed by atoms with Gasteiger partial charge in [0.05, 0.1) is 26.1 Å². The second kappa shape index (κ2) is 10.7. The molecule has 29 heavy (non-hydrogen) atoms. The number of hydrogen-bond acceptors (Lipinski definition) is 7. The Hall–Kier alpha value is -2.77. The molecule has 1 heterocycles. The summed E-state index contributed by atoms with van der Waals surface area (Å²) in [7, 11) is 3.32. The van der Waals surface area contributed by atoms with Crippen molar-refractivity contribution in [3.05, 3.63) is 54.1 Å². The minimum absolute atomic E-state index is 0.160. The van der Waals surface area contributed by atoms with E-state index in [1.54, 1.807) is 20.4 Å². The van der Waals surface area contributed by atoms with Crippen molar-refractivity contribution in [2.75, 3.05) is 58.5 Å². The van der Waals surface area contributed by atoms with E-state index >= 15 is 0 Å². The van der Waals surface area contributed by atoms with Crippen molar-refractivity contribution < 1.29 is 19.4 Å². The molecule has 0 unspecified atom stereocenters. The Bertz CT molecular complexity index is 791. The topological polar surface area (TPSA) is 66.8 Å². The molecule has 0 spiro atoms. The van der Waals surface area contributed by atoms with E-state index < -0.39 is 6.10 Å². The van der Waals surface area contributed by atoms with Crippen LogP contribution in [-0.2, 0) is 4.84 Å². The third-order valence-electron chi connectivity index (χ3n) is 4.90. The Kier molecular flexibility index (Phi) is 7.72. The van der Waals surface area contributed by atoms with Crippen LogP contribution in [0.1, 0.15) is 5.56 Å². The molecule has 2 aromatic rings. The van der Waals surface area contributed by atoms with Gasteiger partial charge in [-0.3, -0.25) is 4.90 Å². The molecular weight excluding hydrogens is 370 g/mol. The second-order valence-corrected chi connectivity index (χ2v) is 6.92. The minimum atomic E-state index is -0.588. The monoisotopic (exact) mass is 399 g/mol. The second-order valence-electron chi connectivity index (χ2n) is 6.92. The number of aliphatic hydroxyl groups is 1. The van der Waals surface area contributed by atoms with Gasteiger partial charge in [0.15, 0.2) is 0 Å². The smallest absolute Gasteiger partial charge is 0.144 e. The lowest BCUT2D eigenvalue weighted by molar-refractivity contribution is 0.0186. The van der Waals surface area contributed by atoms with Crippen LogP contribution in [0.4, 0.5) is 5.69 Å². The van der Waals surface area contributed by atoms with Crippen LogP contribution in [0.5, 0.6) is 11.5 Å². The lowest BCUT2D eigenvalue weighted by Crippen LogP contribution is -2.49. The zero-order valence-corrected chi connectivity index (χ0v) is 17.0. The summed E-state index contributed by atoms with van der Waals surface area (Å²) in [6.45, 7) is 4.26. The van der Waals surface area contributed by atoms with Crippen molar-refractivity contribution >= 4 is 11.9 Å². The fourth-order valence-electron chi connectivity index (χ4n) is 3.36. The molecular formula is C22H29N3O4. The number of anilines is 1. The summed E-state index contributed by atoms with van der Waals surface area (Å²) in [5.74, 6) is 1.66. The van der Waals surface area contributed by atoms with Gasteiger partial charge in [-0.05, 0) is 29.8 Å². The molecule has 0 saturated carbocycles. The van der Waals surface area contributed by atoms with Crippen LogP contribution < -0.4 is 14.4 Å². The Balaban J connectivity index is 1.39. The number of nitrogens with zero attached hydrogens (tertiary/aromatic N) is 3. The van der Waals surface area contributed by atoms with E-state index in [1.165, 1.54) is 0 Å². The molecule has 1 N–H and O–H groups in total. The van der Waals surface area contributed by atoms with Crippen molar-refractivity contribution in [1.82, 2.24) is 4.90 Å². The van der Waals surface area contributed by atoms with Gasteiger partial charge in [0.25, 0.3) is 0 Å². The maximum absolute atomic E-state index is 10.3. The summed E-state index contributed by atoms with van der Waals surface area (Å²) >= 11 is 0. The average Bonchev–Trinajstić information content (AvgIpc) is 2.77. The Morgan fingerprint density at radius 1 is 1.03 bits per heavy atom. The molecule has 1 fully saturated rings. The van der Waals surface area contributed by atoms with Gasteiger partial charge in [0.2, 0.25) is 0 Å². The number of piperazine rings is 1. The predicted molar refractivity (Wildman–Crippen MR) is 114 cm³/mol. The zero-order chi connectivity index (χ0) is 20.5. The van der Waals surface area contributed by atoms with E-state index in [-0.39, 0.29) is 6.61 Å². The SMILES string of the molecule is COc1cccc(/C=N\OC[C@H](O)CN2CCN(c3ccccc3OC)CC2)c1. The quantitative estimate of drug-likeness (QED) is 0.515. The predicted octanol–water partition coefficient (Wildman–Crippen LogP) is 2.24. The largest absolute Gasteiger partial charge is 0.497 e. The Morgan fingerprint density at radius 3 is 2.59 bits per heavy atom. The van der Waals surface area contributed by atoms with Gasteiger partial charge in [-0.2, -0.15) is 0 Å². The molecule has 0 amide bonds. The molecule has 0 radical (unpaired) electrons. The van der Waals surface area contributed by atoms with Crippen molar-refractivity contribution in [3.8, 4) is 11.5 Å². The average molecular weight is 399 g/mol. The molecule has 0 aromatic heterocycles. The van der Waals surface area contributed by atoms with E-state index in [4.69, 9.17) is 14.3 Å². The fourth-order valence-corrected chi connectivity index (χ4v) is 3.36. The summed E-state index contributed by atoms with van der Waals surface area (Å²) in [5.41, 5.74) is 2.00. The summed E-state index contributed by atoms with van der Waals surface area (Å²) in [4.78, 5) is 9.82. The molecule has 1 aliphatic heterocycles. The van der Waals surface area contributed by atoms with Crippen LogP contribution in [0, 0.1) is 0 Å². The van der Waals surface area contributed by atoms with E-state index in [0.717, 1.165) is 48.9 Å². The van der Waals surface area contributed by atoms with Crippen LogP contribution in [0.3, 0.4) is 0 Å². The number of aliphatic hydroxyl groups excluding tert-OH is 1. The maximum atomic E-state index is 10.3. The first-order valence-electron chi connectivity index (χ1n) is 9.77. The van der Waals surface area contributed by atoms with Crippen molar-refractivity contribution in [2.45, 2.75) is 6.10 Å². The lowest BCUT2D eigenvalue weighted by Gasteiger charge is -2.37. The molecule has 7 heteroatoms. The van der Waals surface area contributed by atoms with Gasteiger partial charge >= 0.3 is 0 Å². The first-order chi connectivity index (χ1) is 14.2. The number of rotatable bonds is 9. The van der Waals surface area contributed by atoms with Gasteiger partial charge in [0, 0.05) is 32.7 Å². The molecule has 0 bridgehead atoms. The zero-order valence-electron chi connectivity index (χ0n) is 17.0. The van der Waals surface area contributed by atoms with Crippen molar-refractivity contribution in [3.63, 3.8) is 0 Å². The summed E-state index contributed by atoms with van der Waals surface area (Å²) in [5, 5.41) is 14.2. The first kappa shape index (κ1) is 21.0. The van der Waals surface area contributed by atoms with Crippen LogP contribution >= 0.6 is 0 Å². The summed E-state index contributed by atoms with van der Waals surface area (Å²) in [6, 6.07) is 15.6. The highest BCUT2D eigenvalue weighted by Gasteiger charge is 2.21. The van der Waals surface area contributed by atoms with Gasteiger partial charge in [-0.15, -0.1) is 0 Å². The Labute approximate surface area is 172 Å². The van der Waals surface area contributed by atoms with E-state index in [0.29, 0.717) is 6.54 Å². The van der Waals surface area contributed by atoms with Crippen LogP contribution in [0.15, 0.2) is 53.7 Å². The van der Waals surface area contributed by atoms with Gasteiger partial charge in [0.1, 0.15) is 24.2 Å². The Morgan fingerprint density at radius 2 is 1.83 bits per heavy atom. The number of hydrogen-bond donors (Lipinski definition) is 1. The molecule has 2 aromatic carbocycles. The van der Waals surface area contributed by atoms with E-state index in [9.17, 15) is 5.11 Å². The third-order valence-corrected chi connectivity index (χ3v) is 4.90. The number of methoxy groups -OCH3 is 2. The number of ether oxygens (including phenoxy) is 2. The van der Waals surface area contributed by atoms with E-state index in [1.807, 2.05) is 42.5 Å². The van der Waals surface area contributed by atoms with Crippen LogP contribution in [0.25, 0.3) is 0 Å². The van der Waals surface area contributed by atoms with Crippen LogP contribution in [0.2, 0.25) is 0 Å². The summed E-state index contributed by atoms with van der Waals surface area (Å²) in [6.07, 6.45) is 1.02. The van der Waals surface area contributed by atoms with Gasteiger partial charge in [-0.1, -0.05) is 29.4 Å². The minimum Gasteiger partial charge on any atom is -0.497 e. The van der Waals surface area contributed by atoms with Crippen LogP contribution in [-0.4, -0.2) is 75.9 Å². The molecule has 1 atom stereocenters. The molecule has 0 aliphatic carbocycles. The standard InChI is InChI=1S/C22H29N3O4/c1-27-20-7-5-6-18(14-20)15-23-29-17-19(26)16-24-10-12-25(13-11-24)21-8-3-4-9-22(21)28-2/h3-9,14-15,19,26H,10-13,16-17H2,1-2H3/b23-15-/t19-/m1/s1. The molecule has 156 valence electrons. The van der Waals surface area contributed by atoms with Crippen molar-refractivity contribution in [2.24, 2.45) is 5.16 Å². The van der Waals surface area contributed by atoms with Crippen molar-refractivity contribution in [1.29, 1.82) is 0 Å². The highest BCUT2D eigenvalue weighted by molar-refractivity contribution is 5.79. The maximum Gasteiger partial charge on any atom is 0.144 e. The number of β-amino-alcohol motifs (C(OH)–C–C–N with tert-alkyl or cyclic N) is 1. The molecule has 3 rings (SSSR count). The first-order valence-corrected chi connectivity index (χ1v) is 9.77.